The number of nitrogens with zero attached hydrogens (tertiary/aromatic N) is 2. The van der Waals surface area contributed by atoms with Gasteiger partial charge in [0.05, 0.1) is 5.69 Å². The lowest BCUT2D eigenvalue weighted by molar-refractivity contribution is 0.0955. The number of hydrogen-bond acceptors (Lipinski definition) is 3. The van der Waals surface area contributed by atoms with Crippen LogP contribution in [0.2, 0.25) is 0 Å². The summed E-state index contributed by atoms with van der Waals surface area (Å²) in [5.74, 6) is -7.00. The average Bonchev–Trinajstić information content (AvgIpc) is 3.12. The maximum absolute atomic E-state index is 15.2. The summed E-state index contributed by atoms with van der Waals surface area (Å²) in [4.78, 5) is 13.6. The Morgan fingerprint density at radius 3 is 2.17 bits per heavy atom. The van der Waals surface area contributed by atoms with Crippen LogP contribution in [-0.2, 0) is 11.8 Å². The molecule has 1 aliphatic rings. The Morgan fingerprint density at radius 1 is 0.943 bits per heavy atom. The third kappa shape index (κ3) is 4.32. The maximum Gasteiger partial charge on any atom is 0.271 e. The van der Waals surface area contributed by atoms with Crippen LogP contribution >= 0.6 is 0 Å². The van der Waals surface area contributed by atoms with Gasteiger partial charge in [0.2, 0.25) is 0 Å². The van der Waals surface area contributed by atoms with E-state index in [1.807, 2.05) is 18.2 Å². The number of rotatable bonds is 6. The number of hydrazone groups is 1. The third-order valence-electron chi connectivity index (χ3n) is 6.15. The lowest BCUT2D eigenvalue weighted by Gasteiger charge is -2.30. The van der Waals surface area contributed by atoms with E-state index in [9.17, 15) is 18.0 Å². The monoisotopic (exact) mass is 481 g/mol. The van der Waals surface area contributed by atoms with E-state index in [0.29, 0.717) is 11.3 Å². The molecule has 0 fully saturated rings. The van der Waals surface area contributed by atoms with Crippen LogP contribution in [0.4, 0.5) is 23.2 Å². The average molecular weight is 481 g/mol. The zero-order chi connectivity index (χ0) is 25.2. The first kappa shape index (κ1) is 24.2. The smallest absolute Gasteiger partial charge is 0.271 e. The number of allylic oxidation sites excluding steroid dienone is 2. The molecule has 1 unspecified atom stereocenters. The second-order valence-electron chi connectivity index (χ2n) is 8.36. The molecular weight excluding hydrogens is 458 g/mol. The molecule has 1 atom stereocenters. The Bertz CT molecular complexity index is 1310. The molecule has 0 spiro atoms. The number of nitrogens with one attached hydrogen (secondary N) is 1. The zero-order valence-corrected chi connectivity index (χ0v) is 19.2. The third-order valence-corrected chi connectivity index (χ3v) is 6.15. The first-order valence-corrected chi connectivity index (χ1v) is 11.1. The zero-order valence-electron chi connectivity index (χ0n) is 19.2. The molecule has 4 rings (SSSR count). The Morgan fingerprint density at radius 2 is 1.54 bits per heavy atom. The largest absolute Gasteiger partial charge is 0.342 e. The molecule has 3 aromatic rings. The number of anilines is 1. The highest BCUT2D eigenvalue weighted by Gasteiger charge is 2.49. The fraction of sp³-hybridized carbons (Fsp3) is 0.185. The van der Waals surface area contributed by atoms with Crippen molar-refractivity contribution in [2.75, 3.05) is 11.4 Å². The predicted molar refractivity (Wildman–Crippen MR) is 127 cm³/mol. The van der Waals surface area contributed by atoms with Gasteiger partial charge in [0.1, 0.15) is 0 Å². The molecule has 0 radical (unpaired) electrons. The molecule has 0 saturated heterocycles. The van der Waals surface area contributed by atoms with Crippen molar-refractivity contribution in [2.24, 2.45) is 5.10 Å². The molecule has 8 heteroatoms. The van der Waals surface area contributed by atoms with Crippen molar-refractivity contribution in [3.63, 3.8) is 0 Å². The molecule has 0 bridgehead atoms. The summed E-state index contributed by atoms with van der Waals surface area (Å²) in [6.45, 7) is 3.50. The van der Waals surface area contributed by atoms with E-state index < -0.39 is 34.6 Å². The summed E-state index contributed by atoms with van der Waals surface area (Å²) in [5, 5.41) is 3.93. The number of hydrogen-bond donors (Lipinski definition) is 1. The summed E-state index contributed by atoms with van der Waals surface area (Å²) < 4.78 is 58.7. The Kier molecular flexibility index (Phi) is 6.73. The minimum atomic E-state index is -1.85. The van der Waals surface area contributed by atoms with Crippen molar-refractivity contribution in [1.29, 1.82) is 0 Å². The van der Waals surface area contributed by atoms with Crippen molar-refractivity contribution in [3.8, 4) is 0 Å². The first-order valence-electron chi connectivity index (χ1n) is 11.1. The summed E-state index contributed by atoms with van der Waals surface area (Å²) >= 11 is 0. The highest BCUT2D eigenvalue weighted by Crippen LogP contribution is 2.52. The van der Waals surface area contributed by atoms with Gasteiger partial charge >= 0.3 is 0 Å². The number of amides is 1. The van der Waals surface area contributed by atoms with E-state index in [1.165, 1.54) is 17.2 Å². The van der Waals surface area contributed by atoms with Crippen LogP contribution in [0.1, 0.15) is 35.3 Å². The number of likely N-dealkylation sites (N-methyl/N-ethyl adjacent to an activating group) is 1. The minimum Gasteiger partial charge on any atom is -0.342 e. The topological polar surface area (TPSA) is 44.7 Å². The van der Waals surface area contributed by atoms with Gasteiger partial charge in [0, 0.05) is 35.0 Å². The van der Waals surface area contributed by atoms with Gasteiger partial charge in [-0.3, -0.25) is 4.79 Å². The second kappa shape index (κ2) is 9.74. The number of carbonyl (C=O) groups is 1. The minimum absolute atomic E-state index is 0.162. The van der Waals surface area contributed by atoms with Crippen molar-refractivity contribution < 1.29 is 22.4 Å². The quantitative estimate of drug-likeness (QED) is 0.157. The van der Waals surface area contributed by atoms with Crippen molar-refractivity contribution in [2.45, 2.75) is 25.7 Å². The molecule has 180 valence electrons. The van der Waals surface area contributed by atoms with E-state index in [4.69, 9.17) is 0 Å². The van der Waals surface area contributed by atoms with Crippen LogP contribution in [0, 0.1) is 23.3 Å². The summed E-state index contributed by atoms with van der Waals surface area (Å²) in [6.07, 6.45) is 2.97. The molecule has 1 amide bonds. The van der Waals surface area contributed by atoms with Crippen LogP contribution in [0.3, 0.4) is 0 Å². The van der Waals surface area contributed by atoms with E-state index in [0.717, 1.165) is 5.56 Å². The lowest BCUT2D eigenvalue weighted by Crippen LogP contribution is -2.31. The van der Waals surface area contributed by atoms with Gasteiger partial charge < -0.3 is 4.90 Å². The molecule has 1 heterocycles. The maximum atomic E-state index is 15.2. The Labute approximate surface area is 200 Å². The van der Waals surface area contributed by atoms with Gasteiger partial charge in [-0.2, -0.15) is 5.10 Å². The van der Waals surface area contributed by atoms with Crippen LogP contribution < -0.4 is 10.3 Å². The molecule has 35 heavy (non-hydrogen) atoms. The fourth-order valence-electron chi connectivity index (χ4n) is 4.57. The van der Waals surface area contributed by atoms with Crippen LogP contribution in [0.15, 0.2) is 77.5 Å². The number of carbonyl (C=O) groups excluding carboxylic acids is 1. The van der Waals surface area contributed by atoms with Crippen LogP contribution in [0.25, 0.3) is 0 Å². The van der Waals surface area contributed by atoms with Gasteiger partial charge in [-0.25, -0.2) is 23.0 Å². The summed E-state index contributed by atoms with van der Waals surface area (Å²) in [6, 6.07) is 17.5. The normalized spacial score (nSPS) is 18.3. The standard InChI is InChI=1S/C27H23F4N3O/c1-3-34-19(14-15-32-33-26(35)18-12-8-5-9-13-18)27(2,16-17-10-6-4-7-11-17)20-21(28)22(29)23(30)24(31)25(20)34/h4-15H,3,16H2,1-2H3,(H,33,35)/b19-14-,32-15+. The SMILES string of the molecule is CCN1/C(=C\C=N\NC(=O)c2ccccc2)C(C)(Cc2ccccc2)c2c(F)c(F)c(F)c(F)c21. The first-order chi connectivity index (χ1) is 16.8. The van der Waals surface area contributed by atoms with E-state index in [1.54, 1.807) is 56.3 Å². The van der Waals surface area contributed by atoms with E-state index >= 15 is 4.39 Å². The van der Waals surface area contributed by atoms with Crippen LogP contribution in [-0.4, -0.2) is 18.7 Å². The van der Waals surface area contributed by atoms with E-state index in [-0.39, 0.29) is 24.2 Å². The summed E-state index contributed by atoms with van der Waals surface area (Å²) in [7, 11) is 0. The Hall–Kier alpha value is -3.94. The fourth-order valence-corrected chi connectivity index (χ4v) is 4.57. The molecule has 0 aromatic heterocycles. The molecule has 1 aliphatic heterocycles. The van der Waals surface area contributed by atoms with Crippen molar-refractivity contribution in [3.05, 3.63) is 112 Å². The van der Waals surface area contributed by atoms with Crippen LogP contribution in [0.5, 0.6) is 0 Å². The predicted octanol–water partition coefficient (Wildman–Crippen LogP) is 5.88. The molecule has 0 aliphatic carbocycles. The van der Waals surface area contributed by atoms with Gasteiger partial charge in [-0.15, -0.1) is 0 Å². The molecule has 0 saturated carbocycles. The number of benzene rings is 3. The summed E-state index contributed by atoms with van der Waals surface area (Å²) in [5.41, 5.74) is 2.14. The Balaban J connectivity index is 1.78. The van der Waals surface area contributed by atoms with Gasteiger partial charge in [0.25, 0.3) is 5.91 Å². The van der Waals surface area contributed by atoms with E-state index in [2.05, 4.69) is 10.5 Å². The highest BCUT2D eigenvalue weighted by atomic mass is 19.2. The molecule has 3 aromatic carbocycles. The molecular formula is C27H23F4N3O. The van der Waals surface area contributed by atoms with Gasteiger partial charge in [-0.1, -0.05) is 48.5 Å². The molecule has 4 nitrogen and oxygen atoms in total. The van der Waals surface area contributed by atoms with Crippen molar-refractivity contribution in [1.82, 2.24) is 5.43 Å². The lowest BCUT2D eigenvalue weighted by atomic mass is 9.76. The number of halogens is 4. The van der Waals surface area contributed by atoms with Gasteiger partial charge in [0.15, 0.2) is 23.3 Å². The second-order valence-corrected chi connectivity index (χ2v) is 8.36. The molecule has 1 N–H and O–H groups in total. The number of fused-ring (bicyclic) bond motifs is 1. The van der Waals surface area contributed by atoms with Gasteiger partial charge in [-0.05, 0) is 44.0 Å². The van der Waals surface area contributed by atoms with Crippen molar-refractivity contribution >= 4 is 17.8 Å². The highest BCUT2D eigenvalue weighted by molar-refractivity contribution is 5.94.